The second-order valence-electron chi connectivity index (χ2n) is 7.54. The Hall–Kier alpha value is -3.74. The van der Waals surface area contributed by atoms with Crippen molar-refractivity contribution < 1.29 is 9.32 Å². The van der Waals surface area contributed by atoms with Crippen molar-refractivity contribution >= 4 is 22.5 Å². The van der Waals surface area contributed by atoms with Gasteiger partial charge in [-0.05, 0) is 67.1 Å². The largest absolute Gasteiger partial charge is 0.339 e. The molecule has 0 atom stereocenters. The second-order valence-corrected chi connectivity index (χ2v) is 7.54. The van der Waals surface area contributed by atoms with Crippen LogP contribution in [0.15, 0.2) is 51.8 Å². The monoisotopic (exact) mass is 402 g/mol. The summed E-state index contributed by atoms with van der Waals surface area (Å²) >= 11 is 0. The molecule has 1 amide bonds. The summed E-state index contributed by atoms with van der Waals surface area (Å²) in [6.07, 6.45) is 0.482. The first kappa shape index (κ1) is 19.6. The first-order chi connectivity index (χ1) is 14.4. The number of carbonyl (C=O) groups is 1. The van der Waals surface area contributed by atoms with Crippen molar-refractivity contribution in [2.24, 2.45) is 0 Å². The minimum absolute atomic E-state index is 0.140. The maximum atomic E-state index is 12.4. The van der Waals surface area contributed by atoms with Crippen LogP contribution in [-0.2, 0) is 11.2 Å². The normalized spacial score (nSPS) is 11.0. The first-order valence-electron chi connectivity index (χ1n) is 9.72. The van der Waals surface area contributed by atoms with E-state index in [4.69, 9.17) is 4.52 Å². The molecule has 4 aromatic rings. The molecule has 7 nitrogen and oxygen atoms in total. The predicted octanol–water partition coefficient (Wildman–Crippen LogP) is 4.07. The standard InChI is InChI=1S/C23H22N4O3/c1-13-4-5-16-12-18(23(29)25-19(16)11-13)22-26-21(30-27-22)7-6-20(28)24-17-9-14(2)8-15(3)10-17/h4-5,8-12H,6-7H2,1-3H3,(H,24,28)(H,25,29). The van der Waals surface area contributed by atoms with Gasteiger partial charge in [-0.3, -0.25) is 9.59 Å². The molecule has 152 valence electrons. The van der Waals surface area contributed by atoms with Gasteiger partial charge in [0.25, 0.3) is 5.56 Å². The van der Waals surface area contributed by atoms with Gasteiger partial charge in [-0.2, -0.15) is 4.98 Å². The Balaban J connectivity index is 1.46. The van der Waals surface area contributed by atoms with Gasteiger partial charge in [0.05, 0.1) is 5.56 Å². The van der Waals surface area contributed by atoms with Crippen molar-refractivity contribution in [1.82, 2.24) is 15.1 Å². The molecule has 0 saturated carbocycles. The number of anilines is 1. The van der Waals surface area contributed by atoms with E-state index in [1.165, 1.54) is 0 Å². The maximum absolute atomic E-state index is 12.4. The van der Waals surface area contributed by atoms with E-state index in [0.29, 0.717) is 11.5 Å². The van der Waals surface area contributed by atoms with Gasteiger partial charge in [-0.1, -0.05) is 23.4 Å². The van der Waals surface area contributed by atoms with E-state index in [2.05, 4.69) is 20.4 Å². The van der Waals surface area contributed by atoms with Crippen LogP contribution in [0.2, 0.25) is 0 Å². The van der Waals surface area contributed by atoms with E-state index in [0.717, 1.165) is 33.3 Å². The summed E-state index contributed by atoms with van der Waals surface area (Å²) < 4.78 is 5.25. The van der Waals surface area contributed by atoms with E-state index in [-0.39, 0.29) is 30.1 Å². The quantitative estimate of drug-likeness (QED) is 0.524. The number of hydrogen-bond acceptors (Lipinski definition) is 5. The van der Waals surface area contributed by atoms with Gasteiger partial charge < -0.3 is 14.8 Å². The van der Waals surface area contributed by atoms with Crippen LogP contribution >= 0.6 is 0 Å². The fourth-order valence-corrected chi connectivity index (χ4v) is 3.44. The SMILES string of the molecule is Cc1cc(C)cc(NC(=O)CCc2nc(-c3cc4ccc(C)cc4[nH]c3=O)no2)c1. The molecule has 0 saturated heterocycles. The number of pyridine rings is 1. The average molecular weight is 402 g/mol. The highest BCUT2D eigenvalue weighted by Crippen LogP contribution is 2.19. The fraction of sp³-hybridized carbons (Fsp3) is 0.217. The summed E-state index contributed by atoms with van der Waals surface area (Å²) in [5.41, 5.74) is 4.81. The molecule has 0 aliphatic carbocycles. The molecule has 2 N–H and O–H groups in total. The molecule has 4 rings (SSSR count). The van der Waals surface area contributed by atoms with E-state index >= 15 is 0 Å². The molecule has 0 radical (unpaired) electrons. The maximum Gasteiger partial charge on any atom is 0.259 e. The van der Waals surface area contributed by atoms with Crippen LogP contribution in [0.25, 0.3) is 22.3 Å². The van der Waals surface area contributed by atoms with Crippen molar-refractivity contribution in [3.8, 4) is 11.4 Å². The molecule has 0 spiro atoms. The lowest BCUT2D eigenvalue weighted by Gasteiger charge is -2.06. The zero-order valence-corrected chi connectivity index (χ0v) is 17.1. The smallest absolute Gasteiger partial charge is 0.259 e. The van der Waals surface area contributed by atoms with Crippen molar-refractivity contribution in [2.75, 3.05) is 5.32 Å². The van der Waals surface area contributed by atoms with Gasteiger partial charge in [-0.25, -0.2) is 0 Å². The first-order valence-corrected chi connectivity index (χ1v) is 9.72. The van der Waals surface area contributed by atoms with E-state index < -0.39 is 0 Å². The summed E-state index contributed by atoms with van der Waals surface area (Å²) in [6.45, 7) is 5.93. The Morgan fingerprint density at radius 1 is 1.03 bits per heavy atom. The van der Waals surface area contributed by atoms with Crippen LogP contribution in [0, 0.1) is 20.8 Å². The molecule has 7 heteroatoms. The number of aryl methyl sites for hydroxylation is 4. The number of amides is 1. The molecule has 0 aliphatic rings. The third kappa shape index (κ3) is 4.30. The second kappa shape index (κ2) is 7.94. The number of rotatable bonds is 5. The number of benzene rings is 2. The Kier molecular flexibility index (Phi) is 5.18. The molecular formula is C23H22N4O3. The number of nitrogens with zero attached hydrogens (tertiary/aromatic N) is 2. The van der Waals surface area contributed by atoms with Crippen LogP contribution < -0.4 is 10.9 Å². The van der Waals surface area contributed by atoms with Crippen LogP contribution in [0.3, 0.4) is 0 Å². The van der Waals surface area contributed by atoms with E-state index in [1.54, 1.807) is 6.07 Å². The van der Waals surface area contributed by atoms with Gasteiger partial charge >= 0.3 is 0 Å². The molecule has 0 fully saturated rings. The minimum Gasteiger partial charge on any atom is -0.339 e. The van der Waals surface area contributed by atoms with Crippen LogP contribution in [0.5, 0.6) is 0 Å². The number of H-pyrrole nitrogens is 1. The summed E-state index contributed by atoms with van der Waals surface area (Å²) in [5, 5.41) is 7.68. The van der Waals surface area contributed by atoms with Crippen molar-refractivity contribution in [3.63, 3.8) is 0 Å². The van der Waals surface area contributed by atoms with Gasteiger partial charge in [-0.15, -0.1) is 0 Å². The molecular weight excluding hydrogens is 380 g/mol. The lowest BCUT2D eigenvalue weighted by atomic mass is 10.1. The topological polar surface area (TPSA) is 101 Å². The summed E-state index contributed by atoms with van der Waals surface area (Å²) in [4.78, 5) is 31.8. The molecule has 0 aliphatic heterocycles. The third-order valence-electron chi connectivity index (χ3n) is 4.78. The van der Waals surface area contributed by atoms with Crippen molar-refractivity contribution in [2.45, 2.75) is 33.6 Å². The fourth-order valence-electron chi connectivity index (χ4n) is 3.44. The number of nitrogens with one attached hydrogen (secondary N) is 2. The number of aromatic nitrogens is 3. The van der Waals surface area contributed by atoms with Crippen molar-refractivity contribution in [1.29, 1.82) is 0 Å². The molecule has 30 heavy (non-hydrogen) atoms. The molecule has 2 aromatic carbocycles. The lowest BCUT2D eigenvalue weighted by Crippen LogP contribution is -2.12. The zero-order chi connectivity index (χ0) is 21.3. The van der Waals surface area contributed by atoms with Crippen LogP contribution in [-0.4, -0.2) is 21.0 Å². The van der Waals surface area contributed by atoms with E-state index in [9.17, 15) is 9.59 Å². The zero-order valence-electron chi connectivity index (χ0n) is 17.1. The lowest BCUT2D eigenvalue weighted by molar-refractivity contribution is -0.116. The highest BCUT2D eigenvalue weighted by atomic mass is 16.5. The van der Waals surface area contributed by atoms with E-state index in [1.807, 2.05) is 57.2 Å². The number of fused-ring (bicyclic) bond motifs is 1. The highest BCUT2D eigenvalue weighted by molar-refractivity contribution is 5.91. The number of carbonyl (C=O) groups excluding carboxylic acids is 1. The number of hydrogen-bond donors (Lipinski definition) is 2. The van der Waals surface area contributed by atoms with Gasteiger partial charge in [0, 0.05) is 24.0 Å². The van der Waals surface area contributed by atoms with Crippen LogP contribution in [0.1, 0.15) is 29.0 Å². The van der Waals surface area contributed by atoms with Gasteiger partial charge in [0.2, 0.25) is 17.6 Å². The Morgan fingerprint density at radius 3 is 2.57 bits per heavy atom. The molecule has 0 bridgehead atoms. The molecule has 2 aromatic heterocycles. The summed E-state index contributed by atoms with van der Waals surface area (Å²) in [6, 6.07) is 13.5. The molecule has 0 unspecified atom stereocenters. The van der Waals surface area contributed by atoms with Gasteiger partial charge in [0.15, 0.2) is 0 Å². The van der Waals surface area contributed by atoms with Gasteiger partial charge in [0.1, 0.15) is 0 Å². The molecule has 2 heterocycles. The Bertz CT molecular complexity index is 1280. The Labute approximate surface area is 173 Å². The minimum atomic E-state index is -0.284. The average Bonchev–Trinajstić information content (AvgIpc) is 3.13. The summed E-state index contributed by atoms with van der Waals surface area (Å²) in [7, 11) is 0. The predicted molar refractivity (Wildman–Crippen MR) is 115 cm³/mol. The Morgan fingerprint density at radius 2 is 1.80 bits per heavy atom. The highest BCUT2D eigenvalue weighted by Gasteiger charge is 2.14. The van der Waals surface area contributed by atoms with Crippen molar-refractivity contribution in [3.05, 3.63) is 75.4 Å². The number of aromatic amines is 1. The summed E-state index contributed by atoms with van der Waals surface area (Å²) in [5.74, 6) is 0.381. The third-order valence-corrected chi connectivity index (χ3v) is 4.78. The van der Waals surface area contributed by atoms with Crippen LogP contribution in [0.4, 0.5) is 5.69 Å².